The molecule has 0 saturated carbocycles. The van der Waals surface area contributed by atoms with Gasteiger partial charge in [0.2, 0.25) is 0 Å². The molecule has 2 aromatic carbocycles. The van der Waals surface area contributed by atoms with Gasteiger partial charge in [-0.05, 0) is 42.2 Å². The number of anilines is 2. The zero-order chi connectivity index (χ0) is 14.7. The average Bonchev–Trinajstić information content (AvgIpc) is 2.55. The van der Waals surface area contributed by atoms with Crippen LogP contribution in [0.1, 0.15) is 27.9 Å². The predicted molar refractivity (Wildman–Crippen MR) is 83.6 cm³/mol. The number of nitrogens with one attached hydrogen (secondary N) is 2. The minimum atomic E-state index is -0.113. The number of carbonyl (C=O) groups excluding carboxylic acids is 1. The lowest BCUT2D eigenvalue weighted by atomic mass is 9.99. The average molecular weight is 282 g/mol. The first kappa shape index (κ1) is 13.6. The van der Waals surface area contributed by atoms with Gasteiger partial charge in [0.05, 0.1) is 17.9 Å². The minimum absolute atomic E-state index is 0.00431. The van der Waals surface area contributed by atoms with E-state index >= 15 is 0 Å². The second-order valence-electron chi connectivity index (χ2n) is 5.18. The molecule has 1 heterocycles. The summed E-state index contributed by atoms with van der Waals surface area (Å²) in [7, 11) is 0. The van der Waals surface area contributed by atoms with Crippen LogP contribution in [0.3, 0.4) is 0 Å². The van der Waals surface area contributed by atoms with Crippen LogP contribution in [0.2, 0.25) is 0 Å². The molecule has 1 amide bonds. The largest absolute Gasteiger partial charge is 0.392 e. The molecule has 1 aliphatic rings. The van der Waals surface area contributed by atoms with Crippen LogP contribution in [0.4, 0.5) is 11.4 Å². The molecule has 4 nitrogen and oxygen atoms in total. The number of hydrogen-bond donors (Lipinski definition) is 3. The molecule has 3 N–H and O–H groups in total. The van der Waals surface area contributed by atoms with E-state index in [4.69, 9.17) is 5.11 Å². The van der Waals surface area contributed by atoms with Crippen molar-refractivity contribution in [3.05, 3.63) is 59.2 Å². The molecule has 0 aliphatic carbocycles. The number of aliphatic hydroxyl groups is 1. The van der Waals surface area contributed by atoms with E-state index in [1.165, 1.54) is 5.56 Å². The van der Waals surface area contributed by atoms with Gasteiger partial charge in [0.15, 0.2) is 0 Å². The molecule has 0 radical (unpaired) electrons. The summed E-state index contributed by atoms with van der Waals surface area (Å²) in [6.07, 6.45) is 2.11. The fourth-order valence-corrected chi connectivity index (χ4v) is 2.59. The SMILES string of the molecule is O=C(Nc1ccc(CO)cc1)c1cccc2c1NCCC2. The van der Waals surface area contributed by atoms with Gasteiger partial charge in [-0.25, -0.2) is 0 Å². The Morgan fingerprint density at radius 3 is 2.76 bits per heavy atom. The van der Waals surface area contributed by atoms with Crippen LogP contribution in [0.15, 0.2) is 42.5 Å². The van der Waals surface area contributed by atoms with Crippen LogP contribution in [0.5, 0.6) is 0 Å². The summed E-state index contributed by atoms with van der Waals surface area (Å²) in [5.41, 5.74) is 4.38. The minimum Gasteiger partial charge on any atom is -0.392 e. The first-order chi connectivity index (χ1) is 10.3. The first-order valence-electron chi connectivity index (χ1n) is 7.15. The second-order valence-corrected chi connectivity index (χ2v) is 5.18. The van der Waals surface area contributed by atoms with Gasteiger partial charge < -0.3 is 15.7 Å². The topological polar surface area (TPSA) is 61.4 Å². The number of para-hydroxylation sites is 1. The van der Waals surface area contributed by atoms with Crippen LogP contribution in [-0.4, -0.2) is 17.6 Å². The Morgan fingerprint density at radius 2 is 2.00 bits per heavy atom. The highest BCUT2D eigenvalue weighted by Gasteiger charge is 2.17. The van der Waals surface area contributed by atoms with Gasteiger partial charge in [0.25, 0.3) is 5.91 Å². The van der Waals surface area contributed by atoms with Crippen molar-refractivity contribution in [3.8, 4) is 0 Å². The van der Waals surface area contributed by atoms with Crippen molar-refractivity contribution in [1.82, 2.24) is 0 Å². The smallest absolute Gasteiger partial charge is 0.257 e. The lowest BCUT2D eigenvalue weighted by Crippen LogP contribution is -2.19. The number of fused-ring (bicyclic) bond motifs is 1. The summed E-state index contributed by atoms with van der Waals surface area (Å²) in [6.45, 7) is 0.910. The summed E-state index contributed by atoms with van der Waals surface area (Å²) in [5, 5.41) is 15.2. The predicted octanol–water partition coefficient (Wildman–Crippen LogP) is 2.79. The number of benzene rings is 2. The molecule has 0 saturated heterocycles. The second kappa shape index (κ2) is 5.97. The van der Waals surface area contributed by atoms with E-state index in [1.54, 1.807) is 24.3 Å². The maximum atomic E-state index is 12.4. The van der Waals surface area contributed by atoms with Gasteiger partial charge >= 0.3 is 0 Å². The Hall–Kier alpha value is -2.33. The van der Waals surface area contributed by atoms with Crippen LogP contribution < -0.4 is 10.6 Å². The number of aryl methyl sites for hydroxylation is 1. The molecular formula is C17H18N2O2. The maximum Gasteiger partial charge on any atom is 0.257 e. The molecule has 2 aromatic rings. The first-order valence-corrected chi connectivity index (χ1v) is 7.15. The molecule has 21 heavy (non-hydrogen) atoms. The van der Waals surface area contributed by atoms with Crippen LogP contribution in [-0.2, 0) is 13.0 Å². The lowest BCUT2D eigenvalue weighted by Gasteiger charge is -2.20. The van der Waals surface area contributed by atoms with Gasteiger partial charge in [-0.2, -0.15) is 0 Å². The monoisotopic (exact) mass is 282 g/mol. The number of rotatable bonds is 3. The number of amides is 1. The van der Waals surface area contributed by atoms with E-state index in [0.717, 1.165) is 36.3 Å². The van der Waals surface area contributed by atoms with Gasteiger partial charge in [-0.3, -0.25) is 4.79 Å². The van der Waals surface area contributed by atoms with Crippen molar-refractivity contribution in [2.75, 3.05) is 17.2 Å². The quantitative estimate of drug-likeness (QED) is 0.811. The van der Waals surface area contributed by atoms with Gasteiger partial charge in [-0.15, -0.1) is 0 Å². The maximum absolute atomic E-state index is 12.4. The molecule has 1 aliphatic heterocycles. The van der Waals surface area contributed by atoms with Crippen LogP contribution in [0, 0.1) is 0 Å². The van der Waals surface area contributed by atoms with Crippen LogP contribution in [0.25, 0.3) is 0 Å². The molecule has 0 unspecified atom stereocenters. The standard InChI is InChI=1S/C17H18N2O2/c20-11-12-6-8-14(9-7-12)19-17(21)15-5-1-3-13-4-2-10-18-16(13)15/h1,3,5-9,18,20H,2,4,10-11H2,(H,19,21). The Balaban J connectivity index is 1.82. The van der Waals surface area contributed by atoms with Gasteiger partial charge in [0, 0.05) is 12.2 Å². The van der Waals surface area contributed by atoms with Crippen molar-refractivity contribution in [2.45, 2.75) is 19.4 Å². The van der Waals surface area contributed by atoms with Gasteiger partial charge in [-0.1, -0.05) is 24.3 Å². The van der Waals surface area contributed by atoms with E-state index < -0.39 is 0 Å². The fourth-order valence-electron chi connectivity index (χ4n) is 2.59. The third kappa shape index (κ3) is 2.90. The number of carbonyl (C=O) groups is 1. The normalized spacial score (nSPS) is 13.2. The molecule has 4 heteroatoms. The number of aliphatic hydroxyl groups excluding tert-OH is 1. The zero-order valence-electron chi connectivity index (χ0n) is 11.7. The summed E-state index contributed by atoms with van der Waals surface area (Å²) in [4.78, 5) is 12.4. The molecule has 108 valence electrons. The molecule has 0 fully saturated rings. The Labute approximate surface area is 123 Å². The van der Waals surface area contributed by atoms with Crippen molar-refractivity contribution < 1.29 is 9.90 Å². The Kier molecular flexibility index (Phi) is 3.88. The summed E-state index contributed by atoms with van der Waals surface area (Å²) in [5.74, 6) is -0.113. The lowest BCUT2D eigenvalue weighted by molar-refractivity contribution is 0.102. The molecule has 0 spiro atoms. The van der Waals surface area contributed by atoms with Crippen molar-refractivity contribution >= 4 is 17.3 Å². The zero-order valence-corrected chi connectivity index (χ0v) is 11.7. The highest BCUT2D eigenvalue weighted by Crippen LogP contribution is 2.26. The highest BCUT2D eigenvalue weighted by atomic mass is 16.3. The van der Waals surface area contributed by atoms with Gasteiger partial charge in [0.1, 0.15) is 0 Å². The van der Waals surface area contributed by atoms with Crippen molar-refractivity contribution in [2.24, 2.45) is 0 Å². The van der Waals surface area contributed by atoms with E-state index in [2.05, 4.69) is 16.7 Å². The Bertz CT molecular complexity index is 650. The summed E-state index contributed by atoms with van der Waals surface area (Å²) in [6, 6.07) is 13.0. The van der Waals surface area contributed by atoms with Crippen molar-refractivity contribution in [3.63, 3.8) is 0 Å². The molecule has 0 bridgehead atoms. The summed E-state index contributed by atoms with van der Waals surface area (Å²) < 4.78 is 0. The fraction of sp³-hybridized carbons (Fsp3) is 0.235. The molecule has 3 rings (SSSR count). The number of hydrogen-bond acceptors (Lipinski definition) is 3. The third-order valence-corrected chi connectivity index (χ3v) is 3.71. The molecule has 0 aromatic heterocycles. The van der Waals surface area contributed by atoms with E-state index in [9.17, 15) is 4.79 Å². The van der Waals surface area contributed by atoms with E-state index in [-0.39, 0.29) is 12.5 Å². The van der Waals surface area contributed by atoms with E-state index in [1.807, 2.05) is 12.1 Å². The van der Waals surface area contributed by atoms with E-state index in [0.29, 0.717) is 5.56 Å². The third-order valence-electron chi connectivity index (χ3n) is 3.71. The molecule has 0 atom stereocenters. The molecular weight excluding hydrogens is 264 g/mol. The Morgan fingerprint density at radius 1 is 1.19 bits per heavy atom. The summed E-state index contributed by atoms with van der Waals surface area (Å²) >= 11 is 0. The van der Waals surface area contributed by atoms with Crippen LogP contribution >= 0.6 is 0 Å². The highest BCUT2D eigenvalue weighted by molar-refractivity contribution is 6.08. The van der Waals surface area contributed by atoms with Crippen molar-refractivity contribution in [1.29, 1.82) is 0 Å².